The number of methoxy groups -OCH3 is 1. The summed E-state index contributed by atoms with van der Waals surface area (Å²) in [4.78, 5) is 10.0. The average Bonchev–Trinajstić information content (AvgIpc) is 2.82. The molecule has 0 saturated carbocycles. The van der Waals surface area contributed by atoms with Crippen molar-refractivity contribution >= 4 is 17.2 Å². The highest BCUT2D eigenvalue weighted by atomic mass is 19.1. The molecule has 0 bridgehead atoms. The molecular formula is C11H12FN5O3. The molecule has 0 unspecified atom stereocenters. The van der Waals surface area contributed by atoms with Crippen LogP contribution >= 0.6 is 0 Å². The molecular weight excluding hydrogens is 269 g/mol. The highest BCUT2D eigenvalue weighted by molar-refractivity contribution is 5.59. The van der Waals surface area contributed by atoms with Crippen molar-refractivity contribution in [1.82, 2.24) is 10.2 Å². The van der Waals surface area contributed by atoms with Gasteiger partial charge < -0.3 is 15.8 Å². The molecule has 106 valence electrons. The highest BCUT2D eigenvalue weighted by Crippen LogP contribution is 2.32. The van der Waals surface area contributed by atoms with E-state index < -0.39 is 16.4 Å². The molecule has 0 saturated heterocycles. The number of rotatable bonds is 5. The summed E-state index contributed by atoms with van der Waals surface area (Å²) in [7, 11) is 1.28. The van der Waals surface area contributed by atoms with E-state index in [4.69, 9.17) is 10.5 Å². The van der Waals surface area contributed by atoms with Crippen LogP contribution in [0.15, 0.2) is 18.3 Å². The molecule has 0 atom stereocenters. The van der Waals surface area contributed by atoms with Gasteiger partial charge in [-0.05, 0) is 0 Å². The molecule has 1 heterocycles. The van der Waals surface area contributed by atoms with Crippen LogP contribution in [0.25, 0.3) is 0 Å². The maximum Gasteiger partial charge on any atom is 0.313 e. The third-order valence-electron chi connectivity index (χ3n) is 2.69. The fourth-order valence-electron chi connectivity index (χ4n) is 1.64. The minimum Gasteiger partial charge on any atom is -0.490 e. The lowest BCUT2D eigenvalue weighted by Gasteiger charge is -2.09. The van der Waals surface area contributed by atoms with Crippen LogP contribution in [-0.2, 0) is 6.54 Å². The monoisotopic (exact) mass is 281 g/mol. The summed E-state index contributed by atoms with van der Waals surface area (Å²) >= 11 is 0. The Hall–Kier alpha value is -2.84. The van der Waals surface area contributed by atoms with E-state index >= 15 is 0 Å². The van der Waals surface area contributed by atoms with E-state index in [9.17, 15) is 14.5 Å². The number of aromatic nitrogens is 2. The lowest BCUT2D eigenvalue weighted by Crippen LogP contribution is -2.04. The smallest absolute Gasteiger partial charge is 0.313 e. The van der Waals surface area contributed by atoms with Crippen LogP contribution in [0.1, 0.15) is 5.56 Å². The summed E-state index contributed by atoms with van der Waals surface area (Å²) in [5.41, 5.74) is 5.90. The standard InChI is InChI=1S/C11H12FN5O3/c1-20-10-3-8(7(12)2-9(10)17(18)19)14-4-6-5-15-16-11(6)13/h2-3,5,14H,4H2,1H3,(H3,13,15,16). The normalized spacial score (nSPS) is 10.3. The van der Waals surface area contributed by atoms with E-state index in [0.717, 1.165) is 6.07 Å². The molecule has 1 aromatic carbocycles. The molecule has 2 aromatic rings. The highest BCUT2D eigenvalue weighted by Gasteiger charge is 2.19. The fraction of sp³-hybridized carbons (Fsp3) is 0.182. The second kappa shape index (κ2) is 5.43. The van der Waals surface area contributed by atoms with Gasteiger partial charge in [0.25, 0.3) is 0 Å². The van der Waals surface area contributed by atoms with Crippen LogP contribution in [-0.4, -0.2) is 22.2 Å². The van der Waals surface area contributed by atoms with E-state index in [1.54, 1.807) is 0 Å². The Morgan fingerprint density at radius 2 is 2.35 bits per heavy atom. The van der Waals surface area contributed by atoms with Gasteiger partial charge in [0, 0.05) is 18.2 Å². The number of ether oxygens (including phenoxy) is 1. The molecule has 2 rings (SSSR count). The van der Waals surface area contributed by atoms with Gasteiger partial charge in [0.1, 0.15) is 5.82 Å². The van der Waals surface area contributed by atoms with Crippen molar-refractivity contribution in [2.75, 3.05) is 18.2 Å². The van der Waals surface area contributed by atoms with E-state index in [1.807, 2.05) is 0 Å². The minimum absolute atomic E-state index is 0.0286. The van der Waals surface area contributed by atoms with Crippen LogP contribution in [0.3, 0.4) is 0 Å². The zero-order valence-corrected chi connectivity index (χ0v) is 10.5. The first-order valence-corrected chi connectivity index (χ1v) is 5.56. The number of nitrogens with zero attached hydrogens (tertiary/aromatic N) is 2. The van der Waals surface area contributed by atoms with E-state index in [-0.39, 0.29) is 18.0 Å². The van der Waals surface area contributed by atoms with Gasteiger partial charge in [0.05, 0.1) is 30.0 Å². The third kappa shape index (κ3) is 2.60. The lowest BCUT2D eigenvalue weighted by atomic mass is 10.2. The summed E-state index contributed by atoms with van der Waals surface area (Å²) in [5.74, 6) is -0.412. The Balaban J connectivity index is 2.24. The van der Waals surface area contributed by atoms with Crippen LogP contribution in [0.4, 0.5) is 21.6 Å². The van der Waals surface area contributed by atoms with Crippen LogP contribution in [0.2, 0.25) is 0 Å². The molecule has 0 amide bonds. The Bertz CT molecular complexity index is 643. The number of hydrogen-bond donors (Lipinski definition) is 3. The second-order valence-electron chi connectivity index (χ2n) is 3.92. The van der Waals surface area contributed by atoms with Gasteiger partial charge in [-0.3, -0.25) is 15.2 Å². The van der Waals surface area contributed by atoms with Crippen LogP contribution in [0.5, 0.6) is 5.75 Å². The Morgan fingerprint density at radius 1 is 1.60 bits per heavy atom. The molecule has 20 heavy (non-hydrogen) atoms. The van der Waals surface area contributed by atoms with Gasteiger partial charge in [-0.2, -0.15) is 5.10 Å². The van der Waals surface area contributed by atoms with E-state index in [0.29, 0.717) is 11.4 Å². The third-order valence-corrected chi connectivity index (χ3v) is 2.69. The quantitative estimate of drug-likeness (QED) is 0.566. The molecule has 0 spiro atoms. The number of H-pyrrole nitrogens is 1. The van der Waals surface area contributed by atoms with Crippen LogP contribution in [0, 0.1) is 15.9 Å². The van der Waals surface area contributed by atoms with Crippen molar-refractivity contribution in [3.8, 4) is 5.75 Å². The molecule has 0 aliphatic rings. The second-order valence-corrected chi connectivity index (χ2v) is 3.92. The fourth-order valence-corrected chi connectivity index (χ4v) is 1.64. The molecule has 9 heteroatoms. The molecule has 4 N–H and O–H groups in total. The number of nitrogen functional groups attached to an aromatic ring is 1. The number of halogens is 1. The Kier molecular flexibility index (Phi) is 3.69. The Morgan fingerprint density at radius 3 is 2.90 bits per heavy atom. The predicted molar refractivity (Wildman–Crippen MR) is 69.9 cm³/mol. The van der Waals surface area contributed by atoms with Gasteiger partial charge >= 0.3 is 5.69 Å². The van der Waals surface area contributed by atoms with Crippen LogP contribution < -0.4 is 15.8 Å². The van der Waals surface area contributed by atoms with E-state index in [2.05, 4.69) is 15.5 Å². The zero-order chi connectivity index (χ0) is 14.7. The van der Waals surface area contributed by atoms with Crippen molar-refractivity contribution in [1.29, 1.82) is 0 Å². The van der Waals surface area contributed by atoms with Crippen molar-refractivity contribution in [3.05, 3.63) is 39.8 Å². The number of nitro groups is 1. The predicted octanol–water partition coefficient (Wildman–Crippen LogP) is 1.66. The minimum atomic E-state index is -0.750. The summed E-state index contributed by atoms with van der Waals surface area (Å²) in [5, 5.41) is 19.8. The number of anilines is 2. The average molecular weight is 281 g/mol. The first-order chi connectivity index (χ1) is 9.52. The first kappa shape index (κ1) is 13.6. The number of hydrogen-bond acceptors (Lipinski definition) is 6. The van der Waals surface area contributed by atoms with Crippen molar-refractivity contribution in [2.24, 2.45) is 0 Å². The summed E-state index contributed by atoms with van der Waals surface area (Å²) in [6.45, 7) is 0.222. The maximum absolute atomic E-state index is 13.8. The largest absolute Gasteiger partial charge is 0.490 e. The summed E-state index contributed by atoms with van der Waals surface area (Å²) in [6.07, 6.45) is 1.50. The van der Waals surface area contributed by atoms with Crippen molar-refractivity contribution in [2.45, 2.75) is 6.54 Å². The molecule has 0 aliphatic carbocycles. The van der Waals surface area contributed by atoms with Crippen molar-refractivity contribution < 1.29 is 14.1 Å². The van der Waals surface area contributed by atoms with E-state index in [1.165, 1.54) is 19.4 Å². The van der Waals surface area contributed by atoms with Gasteiger partial charge in [-0.15, -0.1) is 0 Å². The topological polar surface area (TPSA) is 119 Å². The summed E-state index contributed by atoms with van der Waals surface area (Å²) in [6, 6.07) is 2.03. The van der Waals surface area contributed by atoms with Gasteiger partial charge in [-0.1, -0.05) is 0 Å². The molecule has 8 nitrogen and oxygen atoms in total. The van der Waals surface area contributed by atoms with Gasteiger partial charge in [0.15, 0.2) is 11.6 Å². The number of nitrogens with one attached hydrogen (secondary N) is 2. The molecule has 0 fully saturated rings. The number of nitro benzene ring substituents is 1. The van der Waals surface area contributed by atoms with Crippen molar-refractivity contribution in [3.63, 3.8) is 0 Å². The SMILES string of the molecule is COc1cc(NCc2cn[nH]c2N)c(F)cc1[N+](=O)[O-]. The molecule has 0 radical (unpaired) electrons. The number of benzene rings is 1. The maximum atomic E-state index is 13.8. The molecule has 1 aromatic heterocycles. The summed E-state index contributed by atoms with van der Waals surface area (Å²) < 4.78 is 18.7. The number of nitrogens with two attached hydrogens (primary N) is 1. The number of aromatic amines is 1. The molecule has 0 aliphatic heterocycles. The zero-order valence-electron chi connectivity index (χ0n) is 10.5. The van der Waals surface area contributed by atoms with Gasteiger partial charge in [-0.25, -0.2) is 4.39 Å². The lowest BCUT2D eigenvalue weighted by molar-refractivity contribution is -0.385. The Labute approximate surface area is 112 Å². The van der Waals surface area contributed by atoms with Gasteiger partial charge in [0.2, 0.25) is 0 Å². The first-order valence-electron chi connectivity index (χ1n) is 5.56.